The van der Waals surface area contributed by atoms with E-state index in [-0.39, 0.29) is 18.7 Å². The number of carbonyl (C=O) groups is 1. The van der Waals surface area contributed by atoms with Gasteiger partial charge in [0.25, 0.3) is 11.5 Å². The van der Waals surface area contributed by atoms with Crippen LogP contribution in [0, 0.1) is 11.6 Å². The van der Waals surface area contributed by atoms with Crippen LogP contribution in [0.15, 0.2) is 59.9 Å². The minimum Gasteiger partial charge on any atom is -0.365 e. The Bertz CT molecular complexity index is 1540. The molecule has 0 aliphatic carbocycles. The largest absolute Gasteiger partial charge is 0.365 e. The fourth-order valence-electron chi connectivity index (χ4n) is 4.56. The van der Waals surface area contributed by atoms with Crippen molar-refractivity contribution in [3.05, 3.63) is 93.8 Å². The number of halogens is 2. The number of hydrogen-bond acceptors (Lipinski definition) is 7. The van der Waals surface area contributed by atoms with Crippen molar-refractivity contribution in [1.29, 1.82) is 0 Å². The lowest BCUT2D eigenvalue weighted by molar-refractivity contribution is 0.0948. The highest BCUT2D eigenvalue weighted by atomic mass is 19.2. The van der Waals surface area contributed by atoms with E-state index >= 15 is 0 Å². The Kier molecular flexibility index (Phi) is 7.36. The zero-order valence-electron chi connectivity index (χ0n) is 20.8. The number of nitrogens with zero attached hydrogens (tertiary/aromatic N) is 5. The smallest absolute Gasteiger partial charge is 0.266 e. The summed E-state index contributed by atoms with van der Waals surface area (Å²) in [4.78, 5) is 41.1. The maximum Gasteiger partial charge on any atom is 0.266 e. The van der Waals surface area contributed by atoms with Gasteiger partial charge in [-0.05, 0) is 61.8 Å². The average molecular weight is 520 g/mol. The zero-order chi connectivity index (χ0) is 26.6. The summed E-state index contributed by atoms with van der Waals surface area (Å²) in [5, 5.41) is 6.20. The summed E-state index contributed by atoms with van der Waals surface area (Å²) >= 11 is 0. The zero-order valence-corrected chi connectivity index (χ0v) is 20.8. The lowest BCUT2D eigenvalue weighted by Crippen LogP contribution is -2.39. The number of fused-ring (bicyclic) bond motifs is 1. The fraction of sp³-hybridized carbons (Fsp3) is 0.296. The van der Waals surface area contributed by atoms with Gasteiger partial charge in [-0.2, -0.15) is 0 Å². The van der Waals surface area contributed by atoms with Gasteiger partial charge in [-0.15, -0.1) is 0 Å². The van der Waals surface area contributed by atoms with E-state index in [0.29, 0.717) is 22.9 Å². The van der Waals surface area contributed by atoms with Crippen LogP contribution < -0.4 is 16.2 Å². The number of amides is 1. The van der Waals surface area contributed by atoms with Gasteiger partial charge in [-0.25, -0.2) is 18.7 Å². The maximum absolute atomic E-state index is 13.5. The second-order valence-corrected chi connectivity index (χ2v) is 9.50. The maximum atomic E-state index is 13.5. The van der Waals surface area contributed by atoms with Gasteiger partial charge in [-0.3, -0.25) is 19.1 Å². The molecule has 1 saturated heterocycles. The van der Waals surface area contributed by atoms with Crippen LogP contribution in [-0.4, -0.2) is 56.5 Å². The minimum atomic E-state index is -1.01. The molecule has 1 aliphatic rings. The molecule has 2 N–H and O–H groups in total. The second kappa shape index (κ2) is 11.0. The third kappa shape index (κ3) is 5.83. The summed E-state index contributed by atoms with van der Waals surface area (Å²) in [5.74, 6) is -1.88. The molecule has 1 amide bonds. The highest BCUT2D eigenvalue weighted by Gasteiger charge is 2.18. The molecule has 0 bridgehead atoms. The Morgan fingerprint density at radius 3 is 2.74 bits per heavy atom. The number of benzene rings is 2. The number of carbonyl (C=O) groups excluding carboxylic acids is 1. The van der Waals surface area contributed by atoms with Gasteiger partial charge < -0.3 is 15.5 Å². The highest BCUT2D eigenvalue weighted by molar-refractivity contribution is 5.93. The molecule has 196 valence electrons. The number of nitrogens with one attached hydrogen (secondary N) is 2. The number of likely N-dealkylation sites (N-methyl/N-ethyl adjacent to an activating group) is 1. The monoisotopic (exact) mass is 519 g/mol. The molecule has 9 nitrogen and oxygen atoms in total. The molecule has 5 rings (SSSR count). The number of likely N-dealkylation sites (tertiary alicyclic amines) is 1. The molecule has 11 heteroatoms. The Hall–Kier alpha value is -4.25. The van der Waals surface area contributed by atoms with Crippen LogP contribution in [0.3, 0.4) is 0 Å². The number of hydrogen-bond donors (Lipinski definition) is 2. The first-order chi connectivity index (χ1) is 18.4. The molecule has 1 fully saturated rings. The predicted octanol–water partition coefficient (Wildman–Crippen LogP) is 2.95. The van der Waals surface area contributed by atoms with Gasteiger partial charge in [-0.1, -0.05) is 12.1 Å². The van der Waals surface area contributed by atoms with E-state index in [1.54, 1.807) is 6.20 Å². The molecule has 2 aromatic heterocycles. The molecule has 0 saturated carbocycles. The third-order valence-corrected chi connectivity index (χ3v) is 6.52. The van der Waals surface area contributed by atoms with Gasteiger partial charge in [0.05, 0.1) is 30.1 Å². The van der Waals surface area contributed by atoms with Crippen LogP contribution >= 0.6 is 0 Å². The molecule has 3 heterocycles. The summed E-state index contributed by atoms with van der Waals surface area (Å²) < 4.78 is 27.9. The average Bonchev–Trinajstić information content (AvgIpc) is 2.90. The standard InChI is InChI=1S/C27H27F2N7O2/c1-35-8-2-3-19(15-35)33-25-13-31-23-7-5-17(10-24(23)34-25)11-32-26(37)20-12-30-16-36(27(20)38)14-18-4-6-21(28)22(29)9-18/h4-7,9-10,12-13,16,19H,2-3,8,11,14-15H2,1H3,(H,32,37)(H,33,34). The third-order valence-electron chi connectivity index (χ3n) is 6.52. The summed E-state index contributed by atoms with van der Waals surface area (Å²) in [7, 11) is 2.11. The molecule has 1 unspecified atom stereocenters. The molecule has 2 aromatic carbocycles. The van der Waals surface area contributed by atoms with E-state index in [0.717, 1.165) is 49.1 Å². The van der Waals surface area contributed by atoms with Crippen molar-refractivity contribution < 1.29 is 13.6 Å². The second-order valence-electron chi connectivity index (χ2n) is 9.50. The summed E-state index contributed by atoms with van der Waals surface area (Å²) in [6.45, 7) is 2.15. The van der Waals surface area contributed by atoms with Gasteiger partial charge in [0.15, 0.2) is 11.6 Å². The van der Waals surface area contributed by atoms with Crippen LogP contribution in [0.25, 0.3) is 11.0 Å². The van der Waals surface area contributed by atoms with Gasteiger partial charge in [0.2, 0.25) is 0 Å². The molecule has 1 aliphatic heterocycles. The van der Waals surface area contributed by atoms with E-state index in [9.17, 15) is 18.4 Å². The highest BCUT2D eigenvalue weighted by Crippen LogP contribution is 2.18. The van der Waals surface area contributed by atoms with Crippen molar-refractivity contribution >= 4 is 22.8 Å². The van der Waals surface area contributed by atoms with Crippen molar-refractivity contribution in [1.82, 2.24) is 29.7 Å². The minimum absolute atomic E-state index is 0.0546. The van der Waals surface area contributed by atoms with Gasteiger partial charge in [0.1, 0.15) is 11.4 Å². The topological polar surface area (TPSA) is 105 Å². The Labute approximate surface area is 217 Å². The molecule has 4 aromatic rings. The van der Waals surface area contributed by atoms with E-state index in [1.807, 2.05) is 18.2 Å². The lowest BCUT2D eigenvalue weighted by Gasteiger charge is -2.30. The van der Waals surface area contributed by atoms with E-state index < -0.39 is 23.1 Å². The first kappa shape index (κ1) is 25.4. The normalized spacial score (nSPS) is 15.9. The Morgan fingerprint density at radius 2 is 1.92 bits per heavy atom. The molecule has 38 heavy (non-hydrogen) atoms. The lowest BCUT2D eigenvalue weighted by atomic mass is 10.1. The van der Waals surface area contributed by atoms with Crippen molar-refractivity contribution in [3.8, 4) is 0 Å². The van der Waals surface area contributed by atoms with Gasteiger partial charge in [0, 0.05) is 25.3 Å². The van der Waals surface area contributed by atoms with Crippen LogP contribution in [0.5, 0.6) is 0 Å². The van der Waals surface area contributed by atoms with Gasteiger partial charge >= 0.3 is 0 Å². The van der Waals surface area contributed by atoms with Crippen molar-refractivity contribution in [2.75, 3.05) is 25.5 Å². The van der Waals surface area contributed by atoms with E-state index in [2.05, 4.69) is 32.5 Å². The van der Waals surface area contributed by atoms with Crippen LogP contribution in [-0.2, 0) is 13.1 Å². The SMILES string of the molecule is CN1CCCC(Nc2cnc3ccc(CNC(=O)c4cncn(Cc5ccc(F)c(F)c5)c4=O)cc3n2)C1. The Balaban J connectivity index is 1.26. The summed E-state index contributed by atoms with van der Waals surface area (Å²) in [5.41, 5.74) is 1.85. The summed E-state index contributed by atoms with van der Waals surface area (Å²) in [6, 6.07) is 9.20. The number of aromatic nitrogens is 4. The molecule has 0 spiro atoms. The van der Waals surface area contributed by atoms with Crippen LogP contribution in [0.4, 0.5) is 14.6 Å². The first-order valence-electron chi connectivity index (χ1n) is 12.3. The van der Waals surface area contributed by atoms with Crippen molar-refractivity contribution in [3.63, 3.8) is 0 Å². The molecular weight excluding hydrogens is 492 g/mol. The fourth-order valence-corrected chi connectivity index (χ4v) is 4.56. The number of piperidine rings is 1. The number of anilines is 1. The Morgan fingerprint density at radius 1 is 1.08 bits per heavy atom. The molecule has 0 radical (unpaired) electrons. The van der Waals surface area contributed by atoms with Crippen LogP contribution in [0.1, 0.15) is 34.3 Å². The van der Waals surface area contributed by atoms with E-state index in [1.165, 1.54) is 23.2 Å². The first-order valence-corrected chi connectivity index (χ1v) is 12.3. The quantitative estimate of drug-likeness (QED) is 0.387. The van der Waals surface area contributed by atoms with Crippen molar-refractivity contribution in [2.24, 2.45) is 0 Å². The van der Waals surface area contributed by atoms with Crippen LogP contribution in [0.2, 0.25) is 0 Å². The molecule has 1 atom stereocenters. The number of rotatable bonds is 7. The molecular formula is C27H27F2N7O2. The predicted molar refractivity (Wildman–Crippen MR) is 139 cm³/mol. The van der Waals surface area contributed by atoms with Crippen molar-refractivity contribution in [2.45, 2.75) is 32.0 Å². The van der Waals surface area contributed by atoms with E-state index in [4.69, 9.17) is 4.98 Å². The summed E-state index contributed by atoms with van der Waals surface area (Å²) in [6.07, 6.45) is 6.37.